The predicted octanol–water partition coefficient (Wildman–Crippen LogP) is 1.95. The molecular weight excluding hydrogens is 188 g/mol. The second-order valence-electron chi connectivity index (χ2n) is 4.50. The molecule has 82 valence electrons. The van der Waals surface area contributed by atoms with Gasteiger partial charge in [0.05, 0.1) is 11.4 Å². The van der Waals surface area contributed by atoms with Crippen molar-refractivity contribution in [2.24, 2.45) is 11.8 Å². The average molecular weight is 206 g/mol. The fourth-order valence-corrected chi connectivity index (χ4v) is 1.62. The molecule has 4 nitrogen and oxygen atoms in total. The van der Waals surface area contributed by atoms with Crippen LogP contribution in [0.2, 0.25) is 0 Å². The molecule has 1 saturated carbocycles. The van der Waals surface area contributed by atoms with E-state index in [4.69, 9.17) is 0 Å². The van der Waals surface area contributed by atoms with E-state index in [1.165, 1.54) is 12.8 Å². The molecule has 0 aromatic carbocycles. The zero-order valence-electron chi connectivity index (χ0n) is 9.62. The van der Waals surface area contributed by atoms with Crippen LogP contribution in [-0.2, 0) is 0 Å². The molecule has 15 heavy (non-hydrogen) atoms. The minimum Gasteiger partial charge on any atom is -0.353 e. The summed E-state index contributed by atoms with van der Waals surface area (Å²) < 4.78 is 0. The molecule has 0 aliphatic heterocycles. The summed E-state index contributed by atoms with van der Waals surface area (Å²) in [5, 5.41) is 11.3. The SMILES string of the molecule is Cc1nnc(NCC(C)C2CC2)nc1C. The number of anilines is 1. The van der Waals surface area contributed by atoms with E-state index in [9.17, 15) is 0 Å². The third-order valence-electron chi connectivity index (χ3n) is 3.10. The van der Waals surface area contributed by atoms with Crippen molar-refractivity contribution in [1.82, 2.24) is 15.2 Å². The molecule has 1 unspecified atom stereocenters. The number of aromatic nitrogens is 3. The minimum atomic E-state index is 0.658. The number of nitrogens with one attached hydrogen (secondary N) is 1. The number of hydrogen-bond donors (Lipinski definition) is 1. The normalized spacial score (nSPS) is 17.5. The van der Waals surface area contributed by atoms with Crippen molar-refractivity contribution < 1.29 is 0 Å². The number of hydrogen-bond acceptors (Lipinski definition) is 4. The quantitative estimate of drug-likeness (QED) is 0.818. The van der Waals surface area contributed by atoms with Gasteiger partial charge in [-0.15, -0.1) is 5.10 Å². The minimum absolute atomic E-state index is 0.658. The lowest BCUT2D eigenvalue weighted by Gasteiger charge is -2.11. The molecule has 1 aromatic rings. The summed E-state index contributed by atoms with van der Waals surface area (Å²) in [5.41, 5.74) is 1.85. The van der Waals surface area contributed by atoms with Gasteiger partial charge in [0.1, 0.15) is 0 Å². The van der Waals surface area contributed by atoms with E-state index >= 15 is 0 Å². The average Bonchev–Trinajstić information content (AvgIpc) is 3.03. The predicted molar refractivity (Wildman–Crippen MR) is 59.7 cm³/mol. The molecule has 4 heteroatoms. The van der Waals surface area contributed by atoms with Crippen molar-refractivity contribution in [1.29, 1.82) is 0 Å². The molecule has 0 bridgehead atoms. The lowest BCUT2D eigenvalue weighted by Crippen LogP contribution is -2.15. The Kier molecular flexibility index (Phi) is 2.84. The van der Waals surface area contributed by atoms with Crippen molar-refractivity contribution in [3.8, 4) is 0 Å². The van der Waals surface area contributed by atoms with Crippen LogP contribution >= 0.6 is 0 Å². The van der Waals surface area contributed by atoms with Crippen LogP contribution in [0.4, 0.5) is 5.95 Å². The molecule has 1 atom stereocenters. The molecule has 1 N–H and O–H groups in total. The monoisotopic (exact) mass is 206 g/mol. The largest absolute Gasteiger partial charge is 0.353 e. The second kappa shape index (κ2) is 4.13. The van der Waals surface area contributed by atoms with Crippen LogP contribution in [0.5, 0.6) is 0 Å². The fraction of sp³-hybridized carbons (Fsp3) is 0.727. The molecule has 0 amide bonds. The van der Waals surface area contributed by atoms with Gasteiger partial charge in [-0.1, -0.05) is 6.92 Å². The maximum Gasteiger partial charge on any atom is 0.242 e. The number of nitrogens with zero attached hydrogens (tertiary/aromatic N) is 3. The highest BCUT2D eigenvalue weighted by molar-refractivity contribution is 5.24. The molecule has 0 spiro atoms. The topological polar surface area (TPSA) is 50.7 Å². The second-order valence-corrected chi connectivity index (χ2v) is 4.50. The molecule has 1 aliphatic carbocycles. The van der Waals surface area contributed by atoms with Gasteiger partial charge in [0, 0.05) is 6.54 Å². The van der Waals surface area contributed by atoms with E-state index < -0.39 is 0 Å². The maximum absolute atomic E-state index is 4.34. The van der Waals surface area contributed by atoms with Gasteiger partial charge < -0.3 is 5.32 Å². The highest BCUT2D eigenvalue weighted by Crippen LogP contribution is 2.36. The molecule has 2 rings (SSSR count). The molecular formula is C11H18N4. The fourth-order valence-electron chi connectivity index (χ4n) is 1.62. The third kappa shape index (κ3) is 2.64. The van der Waals surface area contributed by atoms with Gasteiger partial charge in [0.25, 0.3) is 0 Å². The van der Waals surface area contributed by atoms with E-state index in [-0.39, 0.29) is 0 Å². The maximum atomic E-state index is 4.34. The first kappa shape index (κ1) is 10.3. The first-order valence-electron chi connectivity index (χ1n) is 5.58. The smallest absolute Gasteiger partial charge is 0.242 e. The van der Waals surface area contributed by atoms with Gasteiger partial charge in [-0.3, -0.25) is 0 Å². The van der Waals surface area contributed by atoms with Gasteiger partial charge in [-0.25, -0.2) is 4.98 Å². The summed E-state index contributed by atoms with van der Waals surface area (Å²) >= 11 is 0. The molecule has 1 aromatic heterocycles. The van der Waals surface area contributed by atoms with Crippen molar-refractivity contribution in [3.05, 3.63) is 11.4 Å². The Morgan fingerprint density at radius 2 is 2.00 bits per heavy atom. The van der Waals surface area contributed by atoms with Gasteiger partial charge in [0.15, 0.2) is 0 Å². The Morgan fingerprint density at radius 1 is 1.27 bits per heavy atom. The number of aryl methyl sites for hydroxylation is 2. The summed E-state index contributed by atoms with van der Waals surface area (Å²) in [6.45, 7) is 7.11. The zero-order chi connectivity index (χ0) is 10.8. The molecule has 0 saturated heterocycles. The van der Waals surface area contributed by atoms with Crippen LogP contribution < -0.4 is 5.32 Å². The lowest BCUT2D eigenvalue weighted by molar-refractivity contribution is 0.534. The van der Waals surface area contributed by atoms with Crippen LogP contribution in [0.25, 0.3) is 0 Å². The van der Waals surface area contributed by atoms with Crippen LogP contribution in [0.15, 0.2) is 0 Å². The van der Waals surface area contributed by atoms with E-state index in [2.05, 4.69) is 27.4 Å². The summed E-state index contributed by atoms with van der Waals surface area (Å²) in [5.74, 6) is 2.29. The number of rotatable bonds is 4. The van der Waals surface area contributed by atoms with Crippen molar-refractivity contribution in [2.75, 3.05) is 11.9 Å². The molecule has 0 radical (unpaired) electrons. The van der Waals surface area contributed by atoms with Crippen LogP contribution in [0.3, 0.4) is 0 Å². The van der Waals surface area contributed by atoms with Crippen molar-refractivity contribution in [3.63, 3.8) is 0 Å². The third-order valence-corrected chi connectivity index (χ3v) is 3.10. The first-order valence-corrected chi connectivity index (χ1v) is 5.58. The molecule has 1 heterocycles. The Morgan fingerprint density at radius 3 is 2.60 bits per heavy atom. The summed E-state index contributed by atoms with van der Waals surface area (Å²) in [4.78, 5) is 4.34. The Hall–Kier alpha value is -1.19. The Balaban J connectivity index is 1.89. The lowest BCUT2D eigenvalue weighted by atomic mass is 10.1. The van der Waals surface area contributed by atoms with Gasteiger partial charge in [-0.05, 0) is 38.5 Å². The standard InChI is InChI=1S/C11H18N4/c1-7(10-4-5-10)6-12-11-13-8(2)9(3)14-15-11/h7,10H,4-6H2,1-3H3,(H,12,13,15). The van der Waals surface area contributed by atoms with E-state index in [0.29, 0.717) is 5.95 Å². The zero-order valence-corrected chi connectivity index (χ0v) is 9.62. The van der Waals surface area contributed by atoms with Crippen LogP contribution in [0, 0.1) is 25.7 Å². The molecule has 1 aliphatic rings. The van der Waals surface area contributed by atoms with Gasteiger partial charge in [-0.2, -0.15) is 5.10 Å². The van der Waals surface area contributed by atoms with E-state index in [0.717, 1.165) is 29.8 Å². The Bertz CT molecular complexity index is 346. The van der Waals surface area contributed by atoms with Crippen LogP contribution in [0.1, 0.15) is 31.2 Å². The van der Waals surface area contributed by atoms with Crippen LogP contribution in [-0.4, -0.2) is 21.7 Å². The first-order chi connectivity index (χ1) is 7.16. The molecule has 1 fully saturated rings. The van der Waals surface area contributed by atoms with Crippen molar-refractivity contribution >= 4 is 5.95 Å². The van der Waals surface area contributed by atoms with E-state index in [1.54, 1.807) is 0 Å². The van der Waals surface area contributed by atoms with Gasteiger partial charge in [0.2, 0.25) is 5.95 Å². The van der Waals surface area contributed by atoms with Gasteiger partial charge >= 0.3 is 0 Å². The summed E-state index contributed by atoms with van der Waals surface area (Å²) in [6.07, 6.45) is 2.77. The highest BCUT2D eigenvalue weighted by atomic mass is 15.2. The summed E-state index contributed by atoms with van der Waals surface area (Å²) in [7, 11) is 0. The summed E-state index contributed by atoms with van der Waals surface area (Å²) in [6, 6.07) is 0. The highest BCUT2D eigenvalue weighted by Gasteiger charge is 2.27. The van der Waals surface area contributed by atoms with E-state index in [1.807, 2.05) is 13.8 Å². The Labute approximate surface area is 90.5 Å². The van der Waals surface area contributed by atoms with Crippen molar-refractivity contribution in [2.45, 2.75) is 33.6 Å².